The van der Waals surface area contributed by atoms with Crippen LogP contribution in [-0.2, 0) is 11.2 Å². The van der Waals surface area contributed by atoms with Gasteiger partial charge in [-0.1, -0.05) is 6.07 Å². The van der Waals surface area contributed by atoms with Crippen molar-refractivity contribution in [2.75, 3.05) is 17.4 Å². The van der Waals surface area contributed by atoms with E-state index in [1.807, 2.05) is 74.5 Å². The second-order valence-electron chi connectivity index (χ2n) is 7.73. The Morgan fingerprint density at radius 3 is 2.45 bits per heavy atom. The van der Waals surface area contributed by atoms with Crippen LogP contribution < -0.4 is 20.1 Å². The second kappa shape index (κ2) is 8.62. The molecule has 4 aromatic rings. The molecular formula is C24H22N6O3. The van der Waals surface area contributed by atoms with Crippen molar-refractivity contribution < 1.29 is 14.3 Å². The average Bonchev–Trinajstić information content (AvgIpc) is 3.40. The van der Waals surface area contributed by atoms with E-state index >= 15 is 0 Å². The number of anilines is 3. The van der Waals surface area contributed by atoms with Crippen LogP contribution in [0.2, 0.25) is 0 Å². The third kappa shape index (κ3) is 4.62. The number of aromatic nitrogens is 4. The van der Waals surface area contributed by atoms with Gasteiger partial charge in [0.05, 0.1) is 12.1 Å². The topological polar surface area (TPSA) is 103 Å². The number of hydrogen-bond donors (Lipinski definition) is 2. The molecular weight excluding hydrogens is 420 g/mol. The molecule has 9 nitrogen and oxygen atoms in total. The van der Waals surface area contributed by atoms with Crippen molar-refractivity contribution in [3.8, 4) is 17.3 Å². The first kappa shape index (κ1) is 20.5. The van der Waals surface area contributed by atoms with Crippen molar-refractivity contribution in [1.82, 2.24) is 20.0 Å². The summed E-state index contributed by atoms with van der Waals surface area (Å²) in [5.74, 6) is 2.53. The summed E-state index contributed by atoms with van der Waals surface area (Å²) >= 11 is 0. The van der Waals surface area contributed by atoms with Crippen molar-refractivity contribution in [2.24, 2.45) is 0 Å². The Morgan fingerprint density at radius 2 is 1.73 bits per heavy atom. The van der Waals surface area contributed by atoms with E-state index in [1.54, 1.807) is 4.68 Å². The zero-order valence-electron chi connectivity index (χ0n) is 18.2. The number of ether oxygens (including phenoxy) is 2. The van der Waals surface area contributed by atoms with E-state index < -0.39 is 0 Å². The molecule has 1 amide bonds. The molecule has 0 fully saturated rings. The number of amides is 1. The fraction of sp³-hybridized carbons (Fsp3) is 0.167. The number of aryl methyl sites for hydroxylation is 2. The highest BCUT2D eigenvalue weighted by molar-refractivity contribution is 5.92. The van der Waals surface area contributed by atoms with Gasteiger partial charge >= 0.3 is 0 Å². The Hall–Kier alpha value is -4.40. The van der Waals surface area contributed by atoms with Gasteiger partial charge in [0.25, 0.3) is 0 Å². The lowest BCUT2D eigenvalue weighted by atomic mass is 10.1. The maximum absolute atomic E-state index is 12.4. The highest BCUT2D eigenvalue weighted by Gasteiger charge is 2.14. The zero-order chi connectivity index (χ0) is 22.8. The molecule has 0 spiro atoms. The molecule has 5 rings (SSSR count). The lowest BCUT2D eigenvalue weighted by Crippen LogP contribution is -2.14. The fourth-order valence-electron chi connectivity index (χ4n) is 3.59. The number of fused-ring (bicyclic) bond motifs is 1. The minimum Gasteiger partial charge on any atom is -0.454 e. The smallest absolute Gasteiger partial charge is 0.231 e. The summed E-state index contributed by atoms with van der Waals surface area (Å²) in [5, 5.41) is 19.0. The predicted molar refractivity (Wildman–Crippen MR) is 123 cm³/mol. The molecule has 0 aliphatic carbocycles. The van der Waals surface area contributed by atoms with Gasteiger partial charge in [-0.25, -0.2) is 4.68 Å². The SMILES string of the molecule is Cc1cc(C)n(-c2ccc(Nc3ccc(NC(=O)Cc4ccc5c(c4)OCO5)cc3)nn2)n1. The van der Waals surface area contributed by atoms with Crippen LogP contribution >= 0.6 is 0 Å². The van der Waals surface area contributed by atoms with Gasteiger partial charge in [-0.3, -0.25) is 4.79 Å². The standard InChI is InChI=1S/C24H22N6O3/c1-15-11-16(2)30(29-15)23-10-9-22(27-28-23)25-18-4-6-19(7-5-18)26-24(31)13-17-3-8-20-21(12-17)33-14-32-20/h3-12H,13-14H2,1-2H3,(H,25,27)(H,26,31). The Bertz CT molecular complexity index is 1300. The number of rotatable bonds is 6. The summed E-state index contributed by atoms with van der Waals surface area (Å²) in [5.41, 5.74) is 4.32. The van der Waals surface area contributed by atoms with Crippen LogP contribution in [0.3, 0.4) is 0 Å². The van der Waals surface area contributed by atoms with Crippen LogP contribution in [0.1, 0.15) is 17.0 Å². The van der Waals surface area contributed by atoms with Crippen molar-refractivity contribution in [1.29, 1.82) is 0 Å². The van der Waals surface area contributed by atoms with Crippen LogP contribution in [0.5, 0.6) is 11.5 Å². The maximum atomic E-state index is 12.4. The van der Waals surface area contributed by atoms with Gasteiger partial charge in [0, 0.05) is 17.1 Å². The lowest BCUT2D eigenvalue weighted by Gasteiger charge is -2.09. The molecule has 0 bridgehead atoms. The largest absolute Gasteiger partial charge is 0.454 e. The highest BCUT2D eigenvalue weighted by atomic mass is 16.7. The van der Waals surface area contributed by atoms with Crippen LogP contribution in [0, 0.1) is 13.8 Å². The Balaban J connectivity index is 1.18. The predicted octanol–water partition coefficient (Wildman–Crippen LogP) is 3.93. The molecule has 0 atom stereocenters. The summed E-state index contributed by atoms with van der Waals surface area (Å²) in [6.45, 7) is 4.13. The quantitative estimate of drug-likeness (QED) is 0.466. The molecule has 0 unspecified atom stereocenters. The first-order valence-corrected chi connectivity index (χ1v) is 10.5. The fourth-order valence-corrected chi connectivity index (χ4v) is 3.59. The van der Waals surface area contributed by atoms with Crippen LogP contribution in [0.25, 0.3) is 5.82 Å². The normalized spacial score (nSPS) is 11.9. The number of carbonyl (C=O) groups is 1. The minimum atomic E-state index is -0.111. The minimum absolute atomic E-state index is 0.111. The van der Waals surface area contributed by atoms with E-state index in [0.29, 0.717) is 28.8 Å². The van der Waals surface area contributed by atoms with Gasteiger partial charge in [0.15, 0.2) is 23.1 Å². The molecule has 2 aromatic carbocycles. The van der Waals surface area contributed by atoms with Gasteiger partial charge in [0.2, 0.25) is 12.7 Å². The van der Waals surface area contributed by atoms with E-state index in [1.165, 1.54) is 0 Å². The molecule has 0 saturated carbocycles. The number of nitrogens with one attached hydrogen (secondary N) is 2. The van der Waals surface area contributed by atoms with Gasteiger partial charge in [-0.05, 0) is 74.0 Å². The third-order valence-electron chi connectivity index (χ3n) is 5.12. The zero-order valence-corrected chi connectivity index (χ0v) is 18.2. The monoisotopic (exact) mass is 442 g/mol. The summed E-state index contributed by atoms with van der Waals surface area (Å²) < 4.78 is 12.4. The molecule has 2 N–H and O–H groups in total. The number of benzene rings is 2. The highest BCUT2D eigenvalue weighted by Crippen LogP contribution is 2.32. The van der Waals surface area contributed by atoms with Gasteiger partial charge in [-0.2, -0.15) is 5.10 Å². The Morgan fingerprint density at radius 1 is 0.939 bits per heavy atom. The first-order valence-electron chi connectivity index (χ1n) is 10.5. The van der Waals surface area contributed by atoms with Gasteiger partial charge in [-0.15, -0.1) is 10.2 Å². The Labute approximate surface area is 190 Å². The van der Waals surface area contributed by atoms with Crippen LogP contribution in [-0.4, -0.2) is 32.7 Å². The third-order valence-corrected chi connectivity index (χ3v) is 5.12. The molecule has 166 valence electrons. The van der Waals surface area contributed by atoms with E-state index in [4.69, 9.17) is 9.47 Å². The van der Waals surface area contributed by atoms with Gasteiger partial charge < -0.3 is 20.1 Å². The van der Waals surface area contributed by atoms with Crippen molar-refractivity contribution in [2.45, 2.75) is 20.3 Å². The van der Waals surface area contributed by atoms with Crippen molar-refractivity contribution in [3.63, 3.8) is 0 Å². The van der Waals surface area contributed by atoms with E-state index in [9.17, 15) is 4.79 Å². The van der Waals surface area contributed by atoms with E-state index in [-0.39, 0.29) is 19.1 Å². The molecule has 1 aliphatic heterocycles. The van der Waals surface area contributed by atoms with Crippen LogP contribution in [0.15, 0.2) is 60.7 Å². The summed E-state index contributed by atoms with van der Waals surface area (Å²) in [7, 11) is 0. The molecule has 0 saturated heterocycles. The average molecular weight is 442 g/mol. The summed E-state index contributed by atoms with van der Waals surface area (Å²) in [6.07, 6.45) is 0.244. The number of nitrogens with zero attached hydrogens (tertiary/aromatic N) is 4. The van der Waals surface area contributed by atoms with Crippen molar-refractivity contribution in [3.05, 3.63) is 77.6 Å². The number of hydrogen-bond acceptors (Lipinski definition) is 7. The maximum Gasteiger partial charge on any atom is 0.231 e. The summed E-state index contributed by atoms with van der Waals surface area (Å²) in [4.78, 5) is 12.4. The molecule has 3 heterocycles. The van der Waals surface area contributed by atoms with Crippen LogP contribution in [0.4, 0.5) is 17.2 Å². The number of carbonyl (C=O) groups excluding carboxylic acids is 1. The Kier molecular flexibility index (Phi) is 5.35. The lowest BCUT2D eigenvalue weighted by molar-refractivity contribution is -0.115. The molecule has 33 heavy (non-hydrogen) atoms. The van der Waals surface area contributed by atoms with E-state index in [0.717, 1.165) is 22.6 Å². The molecule has 1 aliphatic rings. The van der Waals surface area contributed by atoms with Gasteiger partial charge in [0.1, 0.15) is 0 Å². The molecule has 0 radical (unpaired) electrons. The summed E-state index contributed by atoms with van der Waals surface area (Å²) in [6, 6.07) is 18.6. The molecule has 2 aromatic heterocycles. The van der Waals surface area contributed by atoms with E-state index in [2.05, 4.69) is 25.9 Å². The van der Waals surface area contributed by atoms with Crippen molar-refractivity contribution >= 4 is 23.1 Å². The molecule has 9 heteroatoms. The first-order chi connectivity index (χ1) is 16.0. The second-order valence-corrected chi connectivity index (χ2v) is 7.73.